The van der Waals surface area contributed by atoms with Crippen molar-refractivity contribution in [3.63, 3.8) is 0 Å². The summed E-state index contributed by atoms with van der Waals surface area (Å²) in [6.45, 7) is 4.48. The highest BCUT2D eigenvalue weighted by atomic mass is 127. The highest BCUT2D eigenvalue weighted by Gasteiger charge is 2.23. The standard InChI is InChI=1S/C12H19IN2/c1-3-10-5-4-6-11(8-10)15-9(2)7-12(13)14-15/h7,10-11H,3-6,8H2,1-2H3. The molecule has 0 saturated heterocycles. The summed E-state index contributed by atoms with van der Waals surface area (Å²) >= 11 is 2.30. The van der Waals surface area contributed by atoms with E-state index < -0.39 is 0 Å². The Hall–Kier alpha value is -0.0600. The lowest BCUT2D eigenvalue weighted by molar-refractivity contribution is 0.244. The fourth-order valence-electron chi connectivity index (χ4n) is 2.67. The maximum atomic E-state index is 4.61. The Labute approximate surface area is 106 Å². The third-order valence-electron chi connectivity index (χ3n) is 3.57. The summed E-state index contributed by atoms with van der Waals surface area (Å²) in [4.78, 5) is 0. The van der Waals surface area contributed by atoms with Crippen LogP contribution in [0.25, 0.3) is 0 Å². The number of hydrogen-bond donors (Lipinski definition) is 0. The van der Waals surface area contributed by atoms with Gasteiger partial charge in [0.05, 0.1) is 6.04 Å². The van der Waals surface area contributed by atoms with Crippen molar-refractivity contribution >= 4 is 22.6 Å². The summed E-state index contributed by atoms with van der Waals surface area (Å²) in [5.74, 6) is 0.921. The van der Waals surface area contributed by atoms with Gasteiger partial charge in [0.15, 0.2) is 0 Å². The van der Waals surface area contributed by atoms with E-state index >= 15 is 0 Å². The number of aryl methyl sites for hydroxylation is 1. The third kappa shape index (κ3) is 2.55. The van der Waals surface area contributed by atoms with Crippen LogP contribution in [0.5, 0.6) is 0 Å². The molecule has 1 aromatic rings. The van der Waals surface area contributed by atoms with Crippen LogP contribution in [0.4, 0.5) is 0 Å². The second kappa shape index (κ2) is 4.85. The van der Waals surface area contributed by atoms with Crippen LogP contribution in [-0.4, -0.2) is 9.78 Å². The fourth-order valence-corrected chi connectivity index (χ4v) is 3.36. The molecule has 1 heterocycles. The summed E-state index contributed by atoms with van der Waals surface area (Å²) in [5.41, 5.74) is 1.32. The van der Waals surface area contributed by atoms with Crippen LogP contribution in [0.15, 0.2) is 6.07 Å². The molecule has 2 atom stereocenters. The molecule has 1 aliphatic rings. The van der Waals surface area contributed by atoms with Crippen LogP contribution in [0, 0.1) is 16.5 Å². The normalized spacial score (nSPS) is 26.9. The van der Waals surface area contributed by atoms with Gasteiger partial charge in [0.2, 0.25) is 0 Å². The molecule has 1 fully saturated rings. The Kier molecular flexibility index (Phi) is 3.69. The molecule has 1 aromatic heterocycles. The Morgan fingerprint density at radius 2 is 2.33 bits per heavy atom. The molecule has 0 aliphatic heterocycles. The van der Waals surface area contributed by atoms with Crippen LogP contribution in [0.3, 0.4) is 0 Å². The van der Waals surface area contributed by atoms with Gasteiger partial charge in [0, 0.05) is 5.69 Å². The first-order valence-corrected chi connectivity index (χ1v) is 7.00. The molecule has 0 radical (unpaired) electrons. The minimum absolute atomic E-state index is 0.659. The largest absolute Gasteiger partial charge is 0.266 e. The highest BCUT2D eigenvalue weighted by molar-refractivity contribution is 14.1. The predicted octanol–water partition coefficient (Wildman–Crippen LogP) is 3.94. The zero-order chi connectivity index (χ0) is 10.8. The lowest BCUT2D eigenvalue weighted by Gasteiger charge is -2.29. The Bertz CT molecular complexity index is 332. The molecule has 3 heteroatoms. The number of hydrogen-bond acceptors (Lipinski definition) is 1. The SMILES string of the molecule is CCC1CCCC(n2nc(I)cc2C)C1. The average Bonchev–Trinajstić information content (AvgIpc) is 2.58. The Balaban J connectivity index is 2.13. The van der Waals surface area contributed by atoms with Crippen molar-refractivity contribution < 1.29 is 0 Å². The first kappa shape index (κ1) is 11.4. The van der Waals surface area contributed by atoms with Gasteiger partial charge in [-0.1, -0.05) is 26.2 Å². The molecule has 0 amide bonds. The lowest BCUT2D eigenvalue weighted by Crippen LogP contribution is -2.20. The molecular weight excluding hydrogens is 299 g/mol. The molecule has 0 N–H and O–H groups in total. The number of rotatable bonds is 2. The van der Waals surface area contributed by atoms with Crippen LogP contribution in [0.1, 0.15) is 50.8 Å². The molecule has 0 bridgehead atoms. The van der Waals surface area contributed by atoms with Gasteiger partial charge in [0.1, 0.15) is 3.70 Å². The molecule has 1 aliphatic carbocycles. The van der Waals surface area contributed by atoms with E-state index in [2.05, 4.69) is 52.3 Å². The Morgan fingerprint density at radius 3 is 2.93 bits per heavy atom. The summed E-state index contributed by atoms with van der Waals surface area (Å²) in [6.07, 6.45) is 6.77. The van der Waals surface area contributed by atoms with Crippen molar-refractivity contribution in [2.75, 3.05) is 0 Å². The van der Waals surface area contributed by atoms with E-state index in [1.165, 1.54) is 37.8 Å². The van der Waals surface area contributed by atoms with Crippen molar-refractivity contribution in [2.45, 2.75) is 52.0 Å². The fraction of sp³-hybridized carbons (Fsp3) is 0.750. The molecule has 2 rings (SSSR count). The van der Waals surface area contributed by atoms with E-state index in [9.17, 15) is 0 Å². The number of halogens is 1. The molecule has 0 spiro atoms. The van der Waals surface area contributed by atoms with Crippen LogP contribution in [-0.2, 0) is 0 Å². The second-order valence-electron chi connectivity index (χ2n) is 4.65. The van der Waals surface area contributed by atoms with Crippen LogP contribution < -0.4 is 0 Å². The van der Waals surface area contributed by atoms with Gasteiger partial charge >= 0.3 is 0 Å². The quantitative estimate of drug-likeness (QED) is 0.755. The Morgan fingerprint density at radius 1 is 1.53 bits per heavy atom. The summed E-state index contributed by atoms with van der Waals surface area (Å²) in [5, 5.41) is 4.61. The van der Waals surface area contributed by atoms with E-state index in [0.29, 0.717) is 6.04 Å². The molecule has 1 saturated carbocycles. The van der Waals surface area contributed by atoms with E-state index in [1.54, 1.807) is 0 Å². The number of aromatic nitrogens is 2. The van der Waals surface area contributed by atoms with Gasteiger partial charge in [-0.3, -0.25) is 4.68 Å². The third-order valence-corrected chi connectivity index (χ3v) is 4.10. The first-order chi connectivity index (χ1) is 7.20. The van der Waals surface area contributed by atoms with Crippen molar-refractivity contribution in [2.24, 2.45) is 5.92 Å². The average molecular weight is 318 g/mol. The van der Waals surface area contributed by atoms with Gasteiger partial charge < -0.3 is 0 Å². The molecular formula is C12H19IN2. The minimum Gasteiger partial charge on any atom is -0.266 e. The van der Waals surface area contributed by atoms with E-state index in [4.69, 9.17) is 0 Å². The monoisotopic (exact) mass is 318 g/mol. The van der Waals surface area contributed by atoms with Gasteiger partial charge in [-0.2, -0.15) is 5.10 Å². The van der Waals surface area contributed by atoms with Crippen molar-refractivity contribution in [3.05, 3.63) is 15.5 Å². The zero-order valence-corrected chi connectivity index (χ0v) is 11.7. The maximum Gasteiger partial charge on any atom is 0.123 e. The van der Waals surface area contributed by atoms with Gasteiger partial charge in [-0.15, -0.1) is 0 Å². The minimum atomic E-state index is 0.659. The van der Waals surface area contributed by atoms with Crippen molar-refractivity contribution in [1.29, 1.82) is 0 Å². The number of nitrogens with zero attached hydrogens (tertiary/aromatic N) is 2. The first-order valence-electron chi connectivity index (χ1n) is 5.92. The molecule has 15 heavy (non-hydrogen) atoms. The van der Waals surface area contributed by atoms with Crippen molar-refractivity contribution in [3.8, 4) is 0 Å². The van der Waals surface area contributed by atoms with E-state index in [0.717, 1.165) is 9.62 Å². The summed E-state index contributed by atoms with van der Waals surface area (Å²) in [7, 11) is 0. The van der Waals surface area contributed by atoms with Crippen LogP contribution >= 0.6 is 22.6 Å². The van der Waals surface area contributed by atoms with Gasteiger partial charge in [0.25, 0.3) is 0 Å². The van der Waals surface area contributed by atoms with E-state index in [-0.39, 0.29) is 0 Å². The van der Waals surface area contributed by atoms with Crippen molar-refractivity contribution in [1.82, 2.24) is 9.78 Å². The predicted molar refractivity (Wildman–Crippen MR) is 71.0 cm³/mol. The molecule has 2 nitrogen and oxygen atoms in total. The highest BCUT2D eigenvalue weighted by Crippen LogP contribution is 2.34. The van der Waals surface area contributed by atoms with Crippen LogP contribution in [0.2, 0.25) is 0 Å². The van der Waals surface area contributed by atoms with Gasteiger partial charge in [-0.05, 0) is 54.3 Å². The van der Waals surface area contributed by atoms with E-state index in [1.807, 2.05) is 0 Å². The van der Waals surface area contributed by atoms with Gasteiger partial charge in [-0.25, -0.2) is 0 Å². The summed E-state index contributed by atoms with van der Waals surface area (Å²) < 4.78 is 3.38. The smallest absolute Gasteiger partial charge is 0.123 e. The molecule has 0 aromatic carbocycles. The lowest BCUT2D eigenvalue weighted by atomic mass is 9.84. The second-order valence-corrected chi connectivity index (χ2v) is 5.75. The summed E-state index contributed by atoms with van der Waals surface area (Å²) in [6, 6.07) is 2.84. The molecule has 84 valence electrons. The maximum absolute atomic E-state index is 4.61. The molecule has 2 unspecified atom stereocenters. The zero-order valence-electron chi connectivity index (χ0n) is 9.54. The topological polar surface area (TPSA) is 17.8 Å².